The largest absolute Gasteiger partial charge is 0.360 e. The fourth-order valence-electron chi connectivity index (χ4n) is 2.21. The van der Waals surface area contributed by atoms with E-state index in [9.17, 15) is 9.59 Å². The topological polar surface area (TPSA) is 74.0 Å². The molecule has 1 fully saturated rings. The molecule has 1 aliphatic rings. The first-order valence-corrected chi connectivity index (χ1v) is 6.88. The van der Waals surface area contributed by atoms with E-state index in [1.807, 2.05) is 24.3 Å². The van der Waals surface area contributed by atoms with Gasteiger partial charge in [-0.25, -0.2) is 0 Å². The number of fused-ring (bicyclic) bond motifs is 1. The monoisotopic (exact) mass is 271 g/mol. The van der Waals surface area contributed by atoms with Gasteiger partial charge in [-0.15, -0.1) is 0 Å². The van der Waals surface area contributed by atoms with Crippen LogP contribution < -0.4 is 10.6 Å². The number of hydrogen-bond donors (Lipinski definition) is 3. The van der Waals surface area contributed by atoms with Crippen molar-refractivity contribution in [2.45, 2.75) is 12.8 Å². The highest BCUT2D eigenvalue weighted by atomic mass is 16.2. The van der Waals surface area contributed by atoms with Gasteiger partial charge in [0.05, 0.1) is 5.56 Å². The number of amides is 2. The second-order valence-corrected chi connectivity index (χ2v) is 5.07. The Morgan fingerprint density at radius 3 is 2.70 bits per heavy atom. The van der Waals surface area contributed by atoms with Crippen molar-refractivity contribution in [3.63, 3.8) is 0 Å². The first-order chi connectivity index (χ1) is 9.75. The van der Waals surface area contributed by atoms with Crippen LogP contribution in [0.5, 0.6) is 0 Å². The van der Waals surface area contributed by atoms with Crippen molar-refractivity contribution in [1.29, 1.82) is 0 Å². The van der Waals surface area contributed by atoms with E-state index in [0.29, 0.717) is 18.7 Å². The highest BCUT2D eigenvalue weighted by molar-refractivity contribution is 6.06. The molecule has 0 radical (unpaired) electrons. The second kappa shape index (κ2) is 5.36. The lowest BCUT2D eigenvalue weighted by molar-refractivity contribution is -0.122. The summed E-state index contributed by atoms with van der Waals surface area (Å²) >= 11 is 0. The molecule has 0 aliphatic heterocycles. The van der Waals surface area contributed by atoms with E-state index < -0.39 is 0 Å². The maximum atomic E-state index is 12.1. The molecule has 0 saturated heterocycles. The van der Waals surface area contributed by atoms with Gasteiger partial charge in [-0.1, -0.05) is 18.2 Å². The lowest BCUT2D eigenvalue weighted by Gasteiger charge is -2.06. The molecule has 5 heteroatoms. The van der Waals surface area contributed by atoms with Crippen molar-refractivity contribution < 1.29 is 9.59 Å². The van der Waals surface area contributed by atoms with Gasteiger partial charge >= 0.3 is 0 Å². The molecule has 1 aliphatic carbocycles. The van der Waals surface area contributed by atoms with Crippen molar-refractivity contribution >= 4 is 22.7 Å². The Bertz CT molecular complexity index is 643. The number of H-pyrrole nitrogens is 1. The third kappa shape index (κ3) is 2.66. The third-order valence-electron chi connectivity index (χ3n) is 3.49. The molecule has 1 aromatic heterocycles. The molecule has 0 bridgehead atoms. The standard InChI is InChI=1S/C15H17N3O2/c19-14(10-5-6-10)16-7-8-17-15(20)12-9-18-13-4-2-1-3-11(12)13/h1-4,9-10,18H,5-8H2,(H,16,19)(H,17,20). The average molecular weight is 271 g/mol. The molecule has 2 amide bonds. The number of para-hydroxylation sites is 1. The molecule has 1 heterocycles. The Morgan fingerprint density at radius 2 is 1.90 bits per heavy atom. The second-order valence-electron chi connectivity index (χ2n) is 5.07. The van der Waals surface area contributed by atoms with Gasteiger partial charge in [0.2, 0.25) is 5.91 Å². The smallest absolute Gasteiger partial charge is 0.253 e. The van der Waals surface area contributed by atoms with Crippen LogP contribution in [0.2, 0.25) is 0 Å². The predicted octanol–water partition coefficient (Wildman–Crippen LogP) is 1.42. The number of carbonyl (C=O) groups excluding carboxylic acids is 2. The fraction of sp³-hybridized carbons (Fsp3) is 0.333. The first kappa shape index (κ1) is 12.7. The van der Waals surface area contributed by atoms with E-state index in [4.69, 9.17) is 0 Å². The summed E-state index contributed by atoms with van der Waals surface area (Å²) in [6.07, 6.45) is 3.70. The lowest BCUT2D eigenvalue weighted by Crippen LogP contribution is -2.35. The quantitative estimate of drug-likeness (QED) is 0.720. The van der Waals surface area contributed by atoms with E-state index in [-0.39, 0.29) is 17.7 Å². The van der Waals surface area contributed by atoms with Crippen LogP contribution in [0.3, 0.4) is 0 Å². The number of benzene rings is 1. The van der Waals surface area contributed by atoms with Crippen LogP contribution in [-0.4, -0.2) is 29.9 Å². The summed E-state index contributed by atoms with van der Waals surface area (Å²) in [5, 5.41) is 6.55. The van der Waals surface area contributed by atoms with Gasteiger partial charge in [-0.3, -0.25) is 9.59 Å². The zero-order valence-corrected chi connectivity index (χ0v) is 11.1. The van der Waals surface area contributed by atoms with E-state index in [2.05, 4.69) is 15.6 Å². The van der Waals surface area contributed by atoms with Crippen molar-refractivity contribution in [2.75, 3.05) is 13.1 Å². The number of rotatable bonds is 5. The van der Waals surface area contributed by atoms with E-state index >= 15 is 0 Å². The Hall–Kier alpha value is -2.30. The molecule has 5 nitrogen and oxygen atoms in total. The number of carbonyl (C=O) groups is 2. The maximum absolute atomic E-state index is 12.1. The van der Waals surface area contributed by atoms with Crippen molar-refractivity contribution in [3.05, 3.63) is 36.0 Å². The lowest BCUT2D eigenvalue weighted by atomic mass is 10.1. The van der Waals surface area contributed by atoms with Crippen LogP contribution in [0.1, 0.15) is 23.2 Å². The van der Waals surface area contributed by atoms with Crippen molar-refractivity contribution in [2.24, 2.45) is 5.92 Å². The Kier molecular flexibility index (Phi) is 3.41. The maximum Gasteiger partial charge on any atom is 0.253 e. The number of nitrogens with one attached hydrogen (secondary N) is 3. The zero-order valence-electron chi connectivity index (χ0n) is 11.1. The molecule has 3 rings (SSSR count). The predicted molar refractivity (Wildman–Crippen MR) is 76.4 cm³/mol. The van der Waals surface area contributed by atoms with Gasteiger partial charge in [-0.05, 0) is 18.9 Å². The van der Waals surface area contributed by atoms with Gasteiger partial charge in [0.15, 0.2) is 0 Å². The minimum atomic E-state index is -0.122. The van der Waals surface area contributed by atoms with E-state index in [0.717, 1.165) is 23.7 Å². The fourth-order valence-corrected chi connectivity index (χ4v) is 2.21. The summed E-state index contributed by atoms with van der Waals surface area (Å²) in [6.45, 7) is 0.917. The van der Waals surface area contributed by atoms with Crippen molar-refractivity contribution in [3.8, 4) is 0 Å². The van der Waals surface area contributed by atoms with Crippen LogP contribution in [0.4, 0.5) is 0 Å². The highest BCUT2D eigenvalue weighted by Crippen LogP contribution is 2.28. The van der Waals surface area contributed by atoms with Crippen LogP contribution in [0, 0.1) is 5.92 Å². The van der Waals surface area contributed by atoms with E-state index in [1.54, 1.807) is 6.20 Å². The summed E-state index contributed by atoms with van der Waals surface area (Å²) in [5.41, 5.74) is 1.58. The minimum Gasteiger partial charge on any atom is -0.360 e. The first-order valence-electron chi connectivity index (χ1n) is 6.88. The molecule has 104 valence electrons. The molecular formula is C15H17N3O2. The van der Waals surface area contributed by atoms with Gasteiger partial charge in [0.25, 0.3) is 5.91 Å². The number of aromatic amines is 1. The van der Waals surface area contributed by atoms with Crippen LogP contribution in [0.25, 0.3) is 10.9 Å². The molecule has 0 spiro atoms. The SMILES string of the molecule is O=C(NCCNC(=O)C1CC1)c1c[nH]c2ccccc12. The van der Waals surface area contributed by atoms with Crippen LogP contribution in [0.15, 0.2) is 30.5 Å². The zero-order chi connectivity index (χ0) is 13.9. The summed E-state index contributed by atoms with van der Waals surface area (Å²) < 4.78 is 0. The minimum absolute atomic E-state index is 0.103. The molecule has 0 unspecified atom stereocenters. The van der Waals surface area contributed by atoms with Gasteiger partial charge in [-0.2, -0.15) is 0 Å². The van der Waals surface area contributed by atoms with Crippen LogP contribution in [-0.2, 0) is 4.79 Å². The van der Waals surface area contributed by atoms with E-state index in [1.165, 1.54) is 0 Å². The summed E-state index contributed by atoms with van der Waals surface area (Å²) in [6, 6.07) is 7.67. The molecule has 3 N–H and O–H groups in total. The summed E-state index contributed by atoms with van der Waals surface area (Å²) in [5.74, 6) is 0.189. The Balaban J connectivity index is 1.52. The molecule has 0 atom stereocenters. The van der Waals surface area contributed by atoms with Gasteiger partial charge < -0.3 is 15.6 Å². The van der Waals surface area contributed by atoms with Crippen molar-refractivity contribution in [1.82, 2.24) is 15.6 Å². The van der Waals surface area contributed by atoms with Crippen LogP contribution >= 0.6 is 0 Å². The number of aromatic nitrogens is 1. The molecular weight excluding hydrogens is 254 g/mol. The van der Waals surface area contributed by atoms with Gasteiger partial charge in [0, 0.05) is 36.1 Å². The average Bonchev–Trinajstić information content (AvgIpc) is 3.22. The molecule has 20 heavy (non-hydrogen) atoms. The summed E-state index contributed by atoms with van der Waals surface area (Å²) in [7, 11) is 0. The Morgan fingerprint density at radius 1 is 1.15 bits per heavy atom. The summed E-state index contributed by atoms with van der Waals surface area (Å²) in [4.78, 5) is 26.6. The molecule has 1 saturated carbocycles. The van der Waals surface area contributed by atoms with Gasteiger partial charge in [0.1, 0.15) is 0 Å². The highest BCUT2D eigenvalue weighted by Gasteiger charge is 2.28. The number of hydrogen-bond acceptors (Lipinski definition) is 2. The third-order valence-corrected chi connectivity index (χ3v) is 3.49. The normalized spacial score (nSPS) is 14.2. The Labute approximate surface area is 116 Å². The molecule has 2 aromatic rings. The molecule has 1 aromatic carbocycles.